The van der Waals surface area contributed by atoms with Gasteiger partial charge in [-0.15, -0.1) is 0 Å². The van der Waals surface area contributed by atoms with Crippen molar-refractivity contribution in [1.29, 1.82) is 0 Å². The molecule has 0 aliphatic carbocycles. The molecule has 0 unspecified atom stereocenters. The third kappa shape index (κ3) is 3.15. The Morgan fingerprint density at radius 3 is 2.75 bits per heavy atom. The van der Waals surface area contributed by atoms with Crippen molar-refractivity contribution in [2.45, 2.75) is 13.3 Å². The summed E-state index contributed by atoms with van der Waals surface area (Å²) in [7, 11) is 3.21. The van der Waals surface area contributed by atoms with E-state index in [1.54, 1.807) is 0 Å². The molecule has 1 rings (SSSR count). The Bertz CT molecular complexity index is 363. The number of methoxy groups -OCH3 is 1. The van der Waals surface area contributed by atoms with Gasteiger partial charge in [0.05, 0.1) is 7.11 Å². The van der Waals surface area contributed by atoms with E-state index in [4.69, 9.17) is 4.74 Å². The van der Waals surface area contributed by atoms with Gasteiger partial charge < -0.3 is 14.8 Å². The van der Waals surface area contributed by atoms with Crippen molar-refractivity contribution in [3.63, 3.8) is 0 Å². The Morgan fingerprint density at radius 1 is 1.44 bits per heavy atom. The van der Waals surface area contributed by atoms with Gasteiger partial charge in [0.25, 0.3) is 0 Å². The number of rotatable bonds is 5. The lowest BCUT2D eigenvalue weighted by Crippen LogP contribution is -2.13. The van der Waals surface area contributed by atoms with Crippen LogP contribution >= 0.6 is 0 Å². The molecule has 0 amide bonds. The SMILES string of the molecule is CCc1cc(NC)ccc1OCC(=O)OC. The van der Waals surface area contributed by atoms with Crippen molar-refractivity contribution in [2.75, 3.05) is 26.1 Å². The van der Waals surface area contributed by atoms with Crippen molar-refractivity contribution < 1.29 is 14.3 Å². The number of hydrogen-bond acceptors (Lipinski definition) is 4. The fraction of sp³-hybridized carbons (Fsp3) is 0.417. The highest BCUT2D eigenvalue weighted by Gasteiger charge is 2.06. The number of carbonyl (C=O) groups excluding carboxylic acids is 1. The summed E-state index contributed by atoms with van der Waals surface area (Å²) in [6.07, 6.45) is 0.853. The van der Waals surface area contributed by atoms with Gasteiger partial charge in [-0.3, -0.25) is 0 Å². The van der Waals surface area contributed by atoms with Crippen LogP contribution in [0.3, 0.4) is 0 Å². The monoisotopic (exact) mass is 223 g/mol. The molecule has 0 aliphatic heterocycles. The molecule has 4 nitrogen and oxygen atoms in total. The second-order valence-electron chi connectivity index (χ2n) is 3.29. The summed E-state index contributed by atoms with van der Waals surface area (Å²) in [5.74, 6) is 0.353. The van der Waals surface area contributed by atoms with Gasteiger partial charge in [-0.2, -0.15) is 0 Å². The van der Waals surface area contributed by atoms with E-state index in [0.29, 0.717) is 0 Å². The molecule has 0 saturated carbocycles. The average Bonchev–Trinajstić information content (AvgIpc) is 2.35. The van der Waals surface area contributed by atoms with Crippen molar-refractivity contribution in [3.8, 4) is 5.75 Å². The summed E-state index contributed by atoms with van der Waals surface area (Å²) in [6.45, 7) is 1.99. The first-order valence-corrected chi connectivity index (χ1v) is 5.21. The summed E-state index contributed by atoms with van der Waals surface area (Å²) in [5.41, 5.74) is 2.10. The summed E-state index contributed by atoms with van der Waals surface area (Å²) in [5, 5.41) is 3.06. The number of ether oxygens (including phenoxy) is 2. The van der Waals surface area contributed by atoms with Crippen LogP contribution in [0.4, 0.5) is 5.69 Å². The van der Waals surface area contributed by atoms with E-state index >= 15 is 0 Å². The maximum Gasteiger partial charge on any atom is 0.343 e. The van der Waals surface area contributed by atoms with E-state index in [2.05, 4.69) is 10.1 Å². The van der Waals surface area contributed by atoms with Crippen molar-refractivity contribution in [3.05, 3.63) is 23.8 Å². The summed E-state index contributed by atoms with van der Waals surface area (Å²) in [4.78, 5) is 10.9. The fourth-order valence-electron chi connectivity index (χ4n) is 1.35. The summed E-state index contributed by atoms with van der Waals surface area (Å²) >= 11 is 0. The lowest BCUT2D eigenvalue weighted by molar-refractivity contribution is -0.142. The second-order valence-corrected chi connectivity index (χ2v) is 3.29. The second kappa shape index (κ2) is 6.00. The highest BCUT2D eigenvalue weighted by atomic mass is 16.6. The van der Waals surface area contributed by atoms with Crippen LogP contribution in [-0.4, -0.2) is 26.7 Å². The van der Waals surface area contributed by atoms with E-state index in [0.717, 1.165) is 23.4 Å². The van der Waals surface area contributed by atoms with E-state index in [1.165, 1.54) is 7.11 Å². The van der Waals surface area contributed by atoms with Crippen LogP contribution in [0, 0.1) is 0 Å². The number of aryl methyl sites for hydroxylation is 1. The maximum atomic E-state index is 10.9. The fourth-order valence-corrected chi connectivity index (χ4v) is 1.35. The number of anilines is 1. The highest BCUT2D eigenvalue weighted by molar-refractivity contribution is 5.71. The zero-order valence-corrected chi connectivity index (χ0v) is 9.87. The number of hydrogen-bond donors (Lipinski definition) is 1. The van der Waals surface area contributed by atoms with Gasteiger partial charge in [-0.1, -0.05) is 6.92 Å². The zero-order chi connectivity index (χ0) is 12.0. The van der Waals surface area contributed by atoms with Crippen LogP contribution in [0.25, 0.3) is 0 Å². The number of esters is 1. The van der Waals surface area contributed by atoms with Crippen LogP contribution < -0.4 is 10.1 Å². The third-order valence-corrected chi connectivity index (χ3v) is 2.30. The predicted octanol–water partition coefficient (Wildman–Crippen LogP) is 1.84. The standard InChI is InChI=1S/C12H17NO3/c1-4-9-7-10(13-2)5-6-11(9)16-8-12(14)15-3/h5-7,13H,4,8H2,1-3H3. The Morgan fingerprint density at radius 2 is 2.19 bits per heavy atom. The summed E-state index contributed by atoms with van der Waals surface area (Å²) < 4.78 is 9.89. The van der Waals surface area contributed by atoms with E-state index < -0.39 is 0 Å². The Hall–Kier alpha value is -1.71. The first kappa shape index (κ1) is 12.4. The molecule has 1 N–H and O–H groups in total. The molecule has 0 fully saturated rings. The van der Waals surface area contributed by atoms with Gasteiger partial charge in [0.2, 0.25) is 0 Å². The van der Waals surface area contributed by atoms with Gasteiger partial charge in [-0.25, -0.2) is 4.79 Å². The van der Waals surface area contributed by atoms with Crippen LogP contribution in [0.5, 0.6) is 5.75 Å². The van der Waals surface area contributed by atoms with Gasteiger partial charge in [0, 0.05) is 12.7 Å². The van der Waals surface area contributed by atoms with Crippen LogP contribution in [-0.2, 0) is 16.0 Å². The Balaban J connectivity index is 2.75. The van der Waals surface area contributed by atoms with Gasteiger partial charge in [0.15, 0.2) is 6.61 Å². The molecule has 0 bridgehead atoms. The number of carbonyl (C=O) groups is 1. The molecule has 0 saturated heterocycles. The minimum Gasteiger partial charge on any atom is -0.482 e. The quantitative estimate of drug-likeness (QED) is 0.774. The molecule has 0 spiro atoms. The molecule has 0 aromatic heterocycles. The van der Waals surface area contributed by atoms with E-state index in [1.807, 2.05) is 32.2 Å². The molecule has 1 aromatic rings. The van der Waals surface area contributed by atoms with E-state index in [9.17, 15) is 4.79 Å². The lowest BCUT2D eigenvalue weighted by atomic mass is 10.1. The minimum atomic E-state index is -0.375. The van der Waals surface area contributed by atoms with Crippen molar-refractivity contribution in [2.24, 2.45) is 0 Å². The van der Waals surface area contributed by atoms with Crippen LogP contribution in [0.2, 0.25) is 0 Å². The zero-order valence-electron chi connectivity index (χ0n) is 9.87. The minimum absolute atomic E-state index is 0.0532. The molecule has 16 heavy (non-hydrogen) atoms. The van der Waals surface area contributed by atoms with Gasteiger partial charge in [0.1, 0.15) is 5.75 Å². The highest BCUT2D eigenvalue weighted by Crippen LogP contribution is 2.23. The molecule has 0 aliphatic rings. The largest absolute Gasteiger partial charge is 0.482 e. The third-order valence-electron chi connectivity index (χ3n) is 2.30. The van der Waals surface area contributed by atoms with Gasteiger partial charge >= 0.3 is 5.97 Å². The normalized spacial score (nSPS) is 9.69. The molecule has 0 atom stereocenters. The Kier molecular flexibility index (Phi) is 4.64. The van der Waals surface area contributed by atoms with Crippen molar-refractivity contribution in [1.82, 2.24) is 0 Å². The molecule has 4 heteroatoms. The summed E-state index contributed by atoms with van der Waals surface area (Å²) in [6, 6.07) is 5.77. The average molecular weight is 223 g/mol. The Labute approximate surface area is 95.6 Å². The molecule has 1 aromatic carbocycles. The van der Waals surface area contributed by atoms with Crippen LogP contribution in [0.15, 0.2) is 18.2 Å². The molecular weight excluding hydrogens is 206 g/mol. The van der Waals surface area contributed by atoms with Crippen LogP contribution in [0.1, 0.15) is 12.5 Å². The molecule has 0 radical (unpaired) electrons. The predicted molar refractivity (Wildman–Crippen MR) is 62.9 cm³/mol. The number of benzene rings is 1. The molecule has 0 heterocycles. The topological polar surface area (TPSA) is 47.6 Å². The maximum absolute atomic E-state index is 10.9. The lowest BCUT2D eigenvalue weighted by Gasteiger charge is -2.11. The van der Waals surface area contributed by atoms with Gasteiger partial charge in [-0.05, 0) is 30.2 Å². The smallest absolute Gasteiger partial charge is 0.343 e. The van der Waals surface area contributed by atoms with E-state index in [-0.39, 0.29) is 12.6 Å². The first-order chi connectivity index (χ1) is 7.71. The first-order valence-electron chi connectivity index (χ1n) is 5.21. The molecule has 88 valence electrons. The molecular formula is C12H17NO3. The van der Waals surface area contributed by atoms with Crippen molar-refractivity contribution >= 4 is 11.7 Å². The number of nitrogens with one attached hydrogen (secondary N) is 1.